The number of nitrogens with zero attached hydrogens (tertiary/aromatic N) is 1. The molecule has 0 unspecified atom stereocenters. The number of hydrogen-bond donors (Lipinski definition) is 1. The number of amides is 1. The highest BCUT2D eigenvalue weighted by Crippen LogP contribution is 2.31. The standard InChI is InChI=1S/C26H30F2N2O/c27-23-14-19(15-24(28)17-23)7-9-26(31)29-25-8-6-20(16-25)18-30-12-10-22(11-13-30)21-4-2-1-3-5-21/h1-5,7,9,14-15,17,20,22,25H,6,8,10-13,16,18H2,(H,29,31)/b9-7+/t20-,25+/m1/s1. The first-order chi connectivity index (χ1) is 15.0. The lowest BCUT2D eigenvalue weighted by Crippen LogP contribution is -2.37. The van der Waals surface area contributed by atoms with E-state index in [-0.39, 0.29) is 11.9 Å². The normalized spacial score (nSPS) is 22.8. The topological polar surface area (TPSA) is 32.3 Å². The molecular formula is C26H30F2N2O. The maximum Gasteiger partial charge on any atom is 0.244 e. The van der Waals surface area contributed by atoms with E-state index in [1.165, 1.54) is 42.7 Å². The van der Waals surface area contributed by atoms with E-state index < -0.39 is 11.6 Å². The zero-order valence-electron chi connectivity index (χ0n) is 17.8. The number of nitrogens with one attached hydrogen (secondary N) is 1. The lowest BCUT2D eigenvalue weighted by Gasteiger charge is -2.33. The van der Waals surface area contributed by atoms with E-state index in [4.69, 9.17) is 0 Å². The minimum atomic E-state index is -0.647. The van der Waals surface area contributed by atoms with Crippen LogP contribution in [-0.2, 0) is 4.79 Å². The van der Waals surface area contributed by atoms with E-state index in [1.54, 1.807) is 0 Å². The van der Waals surface area contributed by atoms with E-state index in [0.717, 1.165) is 45.0 Å². The smallest absolute Gasteiger partial charge is 0.244 e. The van der Waals surface area contributed by atoms with Crippen LogP contribution in [0.4, 0.5) is 8.78 Å². The minimum Gasteiger partial charge on any atom is -0.350 e. The number of carbonyl (C=O) groups excluding carboxylic acids is 1. The van der Waals surface area contributed by atoms with Crippen LogP contribution in [-0.4, -0.2) is 36.5 Å². The van der Waals surface area contributed by atoms with Gasteiger partial charge in [-0.2, -0.15) is 0 Å². The fourth-order valence-corrected chi connectivity index (χ4v) is 5.00. The molecular weight excluding hydrogens is 394 g/mol. The first kappa shape index (κ1) is 21.7. The van der Waals surface area contributed by atoms with Crippen molar-refractivity contribution < 1.29 is 13.6 Å². The molecule has 3 nitrogen and oxygen atoms in total. The molecule has 1 aliphatic carbocycles. The molecule has 0 bridgehead atoms. The summed E-state index contributed by atoms with van der Waals surface area (Å²) in [6.45, 7) is 3.38. The molecule has 1 saturated heterocycles. The third-order valence-electron chi connectivity index (χ3n) is 6.57. The highest BCUT2D eigenvalue weighted by Gasteiger charge is 2.28. The summed E-state index contributed by atoms with van der Waals surface area (Å²) in [5.41, 5.74) is 1.80. The molecule has 1 saturated carbocycles. The van der Waals surface area contributed by atoms with Gasteiger partial charge in [0.1, 0.15) is 11.6 Å². The number of halogens is 2. The summed E-state index contributed by atoms with van der Waals surface area (Å²) in [5.74, 6) is -0.219. The molecule has 1 heterocycles. The largest absolute Gasteiger partial charge is 0.350 e. The van der Waals surface area contributed by atoms with Crippen molar-refractivity contribution in [1.82, 2.24) is 10.2 Å². The van der Waals surface area contributed by atoms with Crippen molar-refractivity contribution in [3.63, 3.8) is 0 Å². The van der Waals surface area contributed by atoms with E-state index in [1.807, 2.05) is 0 Å². The molecule has 2 aromatic rings. The average molecular weight is 425 g/mol. The van der Waals surface area contributed by atoms with Gasteiger partial charge in [0.25, 0.3) is 0 Å². The molecule has 5 heteroatoms. The Balaban J connectivity index is 1.19. The number of benzene rings is 2. The highest BCUT2D eigenvalue weighted by molar-refractivity contribution is 5.91. The second kappa shape index (κ2) is 10.2. The van der Waals surface area contributed by atoms with Crippen LogP contribution in [0.15, 0.2) is 54.6 Å². The SMILES string of the molecule is O=C(/C=C/c1cc(F)cc(F)c1)N[C@H]1CC[C@@H](CN2CCC(c3ccccc3)CC2)C1. The summed E-state index contributed by atoms with van der Waals surface area (Å²) in [7, 11) is 0. The van der Waals surface area contributed by atoms with Crippen molar-refractivity contribution in [2.45, 2.75) is 44.1 Å². The van der Waals surface area contributed by atoms with Crippen molar-refractivity contribution in [3.05, 3.63) is 77.4 Å². The molecule has 1 amide bonds. The summed E-state index contributed by atoms with van der Waals surface area (Å²) in [6, 6.07) is 14.2. The summed E-state index contributed by atoms with van der Waals surface area (Å²) in [6.07, 6.45) is 8.33. The van der Waals surface area contributed by atoms with Crippen molar-refractivity contribution >= 4 is 12.0 Å². The van der Waals surface area contributed by atoms with Crippen molar-refractivity contribution in [2.24, 2.45) is 5.92 Å². The van der Waals surface area contributed by atoms with Gasteiger partial charge in [0, 0.05) is 24.7 Å². The van der Waals surface area contributed by atoms with Gasteiger partial charge >= 0.3 is 0 Å². The average Bonchev–Trinajstić information content (AvgIpc) is 3.19. The predicted octanol–water partition coefficient (Wildman–Crippen LogP) is 5.14. The molecule has 1 N–H and O–H groups in total. The number of rotatable bonds is 6. The number of hydrogen-bond acceptors (Lipinski definition) is 2. The van der Waals surface area contributed by atoms with Gasteiger partial charge in [-0.25, -0.2) is 8.78 Å². The number of likely N-dealkylation sites (tertiary alicyclic amines) is 1. The molecule has 0 spiro atoms. The second-order valence-corrected chi connectivity index (χ2v) is 8.91. The molecule has 4 rings (SSSR count). The minimum absolute atomic E-state index is 0.174. The second-order valence-electron chi connectivity index (χ2n) is 8.91. The third-order valence-corrected chi connectivity index (χ3v) is 6.57. The fourth-order valence-electron chi connectivity index (χ4n) is 5.00. The van der Waals surface area contributed by atoms with Gasteiger partial charge in [-0.05, 0) is 86.4 Å². The summed E-state index contributed by atoms with van der Waals surface area (Å²) in [4.78, 5) is 14.8. The molecule has 0 radical (unpaired) electrons. The first-order valence-corrected chi connectivity index (χ1v) is 11.3. The van der Waals surface area contributed by atoms with Crippen molar-refractivity contribution in [3.8, 4) is 0 Å². The maximum absolute atomic E-state index is 13.2. The van der Waals surface area contributed by atoms with Crippen LogP contribution in [0.5, 0.6) is 0 Å². The Morgan fingerprint density at radius 1 is 1.00 bits per heavy atom. The summed E-state index contributed by atoms with van der Waals surface area (Å²) in [5, 5.41) is 3.04. The predicted molar refractivity (Wildman–Crippen MR) is 120 cm³/mol. The molecule has 164 valence electrons. The molecule has 2 atom stereocenters. The Labute approximate surface area is 183 Å². The van der Waals surface area contributed by atoms with E-state index in [2.05, 4.69) is 40.5 Å². The van der Waals surface area contributed by atoms with Crippen LogP contribution in [0, 0.1) is 17.6 Å². The van der Waals surface area contributed by atoms with Gasteiger partial charge in [-0.15, -0.1) is 0 Å². The Bertz CT molecular complexity index is 887. The van der Waals surface area contributed by atoms with Gasteiger partial charge in [0.15, 0.2) is 0 Å². The Morgan fingerprint density at radius 3 is 2.42 bits per heavy atom. The zero-order valence-corrected chi connectivity index (χ0v) is 17.8. The van der Waals surface area contributed by atoms with Crippen molar-refractivity contribution in [1.29, 1.82) is 0 Å². The van der Waals surface area contributed by atoms with Crippen LogP contribution >= 0.6 is 0 Å². The number of carbonyl (C=O) groups is 1. The van der Waals surface area contributed by atoms with Gasteiger partial charge in [-0.3, -0.25) is 4.79 Å². The molecule has 31 heavy (non-hydrogen) atoms. The third kappa shape index (κ3) is 6.23. The molecule has 1 aliphatic heterocycles. The van der Waals surface area contributed by atoms with Gasteiger partial charge in [-0.1, -0.05) is 30.3 Å². The van der Waals surface area contributed by atoms with Crippen LogP contribution in [0.3, 0.4) is 0 Å². The fraction of sp³-hybridized carbons (Fsp3) is 0.423. The van der Waals surface area contributed by atoms with Crippen LogP contribution in [0.25, 0.3) is 6.08 Å². The number of piperidine rings is 1. The molecule has 2 fully saturated rings. The molecule has 2 aromatic carbocycles. The van der Waals surface area contributed by atoms with E-state index in [0.29, 0.717) is 17.4 Å². The quantitative estimate of drug-likeness (QED) is 0.651. The Kier molecular flexibility index (Phi) is 7.13. The highest BCUT2D eigenvalue weighted by atomic mass is 19.1. The lowest BCUT2D eigenvalue weighted by molar-refractivity contribution is -0.117. The summed E-state index contributed by atoms with van der Waals surface area (Å²) >= 11 is 0. The Morgan fingerprint density at radius 2 is 1.71 bits per heavy atom. The van der Waals surface area contributed by atoms with Crippen LogP contribution in [0.2, 0.25) is 0 Å². The van der Waals surface area contributed by atoms with E-state index >= 15 is 0 Å². The van der Waals surface area contributed by atoms with Gasteiger partial charge < -0.3 is 10.2 Å². The first-order valence-electron chi connectivity index (χ1n) is 11.3. The summed E-state index contributed by atoms with van der Waals surface area (Å²) < 4.78 is 26.5. The molecule has 2 aliphatic rings. The van der Waals surface area contributed by atoms with Gasteiger partial charge in [0.2, 0.25) is 5.91 Å². The Hall–Kier alpha value is -2.53. The van der Waals surface area contributed by atoms with E-state index in [9.17, 15) is 13.6 Å². The molecule has 0 aromatic heterocycles. The van der Waals surface area contributed by atoms with Crippen LogP contribution in [0.1, 0.15) is 49.1 Å². The van der Waals surface area contributed by atoms with Crippen molar-refractivity contribution in [2.75, 3.05) is 19.6 Å². The lowest BCUT2D eigenvalue weighted by atomic mass is 9.89. The zero-order chi connectivity index (χ0) is 21.6. The maximum atomic E-state index is 13.2. The van der Waals surface area contributed by atoms with Gasteiger partial charge in [0.05, 0.1) is 0 Å². The van der Waals surface area contributed by atoms with Crippen LogP contribution < -0.4 is 5.32 Å². The monoisotopic (exact) mass is 424 g/mol.